The van der Waals surface area contributed by atoms with Crippen molar-refractivity contribution in [1.29, 1.82) is 0 Å². The molecule has 0 spiro atoms. The molecule has 0 saturated carbocycles. The highest BCUT2D eigenvalue weighted by atomic mass is 19.1. The lowest BCUT2D eigenvalue weighted by Gasteiger charge is -2.29. The van der Waals surface area contributed by atoms with Crippen molar-refractivity contribution in [3.8, 4) is 5.75 Å². The number of carbonyl (C=O) groups excluding carboxylic acids is 1. The Kier molecular flexibility index (Phi) is 5.91. The van der Waals surface area contributed by atoms with E-state index in [1.807, 2.05) is 6.07 Å². The molecule has 2 heterocycles. The molecule has 3 aromatic carbocycles. The molecule has 1 amide bonds. The summed E-state index contributed by atoms with van der Waals surface area (Å²) in [6.45, 7) is 4.29. The van der Waals surface area contributed by atoms with Crippen molar-refractivity contribution < 1.29 is 13.9 Å². The molecule has 0 aromatic heterocycles. The zero-order valence-corrected chi connectivity index (χ0v) is 18.1. The van der Waals surface area contributed by atoms with Crippen LogP contribution in [-0.2, 0) is 37.3 Å². The maximum atomic E-state index is 14.0. The minimum absolute atomic E-state index is 0.0644. The van der Waals surface area contributed by atoms with Gasteiger partial charge in [-0.3, -0.25) is 9.69 Å². The van der Waals surface area contributed by atoms with Crippen molar-refractivity contribution >= 4 is 5.91 Å². The Balaban J connectivity index is 1.28. The van der Waals surface area contributed by atoms with Crippen LogP contribution in [0.4, 0.5) is 4.39 Å². The fourth-order valence-corrected chi connectivity index (χ4v) is 4.62. The smallest absolute Gasteiger partial charge is 0.227 e. The van der Waals surface area contributed by atoms with E-state index in [0.717, 1.165) is 37.4 Å². The molecular weight excluding hydrogens is 403 g/mol. The highest BCUT2D eigenvalue weighted by Gasteiger charge is 2.22. The first-order valence-corrected chi connectivity index (χ1v) is 11.2. The second kappa shape index (κ2) is 9.13. The predicted octanol–water partition coefficient (Wildman–Crippen LogP) is 4.35. The van der Waals surface area contributed by atoms with Crippen molar-refractivity contribution in [2.75, 3.05) is 19.7 Å². The molecule has 5 heteroatoms. The first kappa shape index (κ1) is 20.7. The summed E-state index contributed by atoms with van der Waals surface area (Å²) in [5.74, 6) is 0.418. The fourth-order valence-electron chi connectivity index (χ4n) is 4.62. The second-order valence-corrected chi connectivity index (χ2v) is 8.60. The predicted molar refractivity (Wildman–Crippen MR) is 122 cm³/mol. The standard InChI is InChI=1S/C27H27FN2O2/c28-25-8-4-3-6-22(25)16-27(31)30-13-14-32-26-10-9-20(15-24(26)19-30)17-29-12-11-21-5-1-2-7-23(21)18-29/h1-10,15H,11-14,16-19H2. The summed E-state index contributed by atoms with van der Waals surface area (Å²) in [4.78, 5) is 17.1. The molecular formula is C27H27FN2O2. The zero-order chi connectivity index (χ0) is 21.9. The van der Waals surface area contributed by atoms with Crippen LogP contribution in [0.5, 0.6) is 5.75 Å². The van der Waals surface area contributed by atoms with E-state index in [0.29, 0.717) is 25.3 Å². The summed E-state index contributed by atoms with van der Waals surface area (Å²) in [5.41, 5.74) is 5.52. The number of amides is 1. The average molecular weight is 431 g/mol. The monoisotopic (exact) mass is 430 g/mol. The Morgan fingerprint density at radius 3 is 2.59 bits per heavy atom. The van der Waals surface area contributed by atoms with Crippen LogP contribution in [0.15, 0.2) is 66.7 Å². The second-order valence-electron chi connectivity index (χ2n) is 8.60. The Morgan fingerprint density at radius 1 is 0.906 bits per heavy atom. The van der Waals surface area contributed by atoms with Crippen molar-refractivity contribution in [2.24, 2.45) is 0 Å². The van der Waals surface area contributed by atoms with Gasteiger partial charge in [0.05, 0.1) is 13.0 Å². The number of ether oxygens (including phenoxy) is 1. The molecule has 2 aliphatic heterocycles. The van der Waals surface area contributed by atoms with Gasteiger partial charge in [0.25, 0.3) is 0 Å². The third-order valence-electron chi connectivity index (χ3n) is 6.37. The number of fused-ring (bicyclic) bond motifs is 2. The van der Waals surface area contributed by atoms with E-state index in [9.17, 15) is 9.18 Å². The van der Waals surface area contributed by atoms with E-state index < -0.39 is 0 Å². The molecule has 0 bridgehead atoms. The van der Waals surface area contributed by atoms with Crippen LogP contribution in [0, 0.1) is 5.82 Å². The summed E-state index contributed by atoms with van der Waals surface area (Å²) >= 11 is 0. The first-order valence-electron chi connectivity index (χ1n) is 11.2. The van der Waals surface area contributed by atoms with Crippen molar-refractivity contribution in [3.63, 3.8) is 0 Å². The molecule has 2 aliphatic rings. The Hall–Kier alpha value is -3.18. The van der Waals surface area contributed by atoms with E-state index in [4.69, 9.17) is 4.74 Å². The molecule has 0 atom stereocenters. The first-order chi connectivity index (χ1) is 15.7. The molecule has 4 nitrogen and oxygen atoms in total. The molecule has 0 N–H and O–H groups in total. The maximum absolute atomic E-state index is 14.0. The minimum atomic E-state index is -0.335. The number of rotatable bonds is 4. The van der Waals surface area contributed by atoms with Crippen LogP contribution in [0.1, 0.15) is 27.8 Å². The Labute approximate surface area is 188 Å². The lowest BCUT2D eigenvalue weighted by Crippen LogP contribution is -2.33. The van der Waals surface area contributed by atoms with Gasteiger partial charge < -0.3 is 9.64 Å². The number of hydrogen-bond donors (Lipinski definition) is 0. The number of carbonyl (C=O) groups is 1. The van der Waals surface area contributed by atoms with Crippen molar-refractivity contribution in [2.45, 2.75) is 32.5 Å². The molecule has 0 saturated heterocycles. The Morgan fingerprint density at radius 2 is 1.72 bits per heavy atom. The highest BCUT2D eigenvalue weighted by Crippen LogP contribution is 2.27. The third kappa shape index (κ3) is 4.53. The van der Waals surface area contributed by atoms with Gasteiger partial charge in [-0.25, -0.2) is 4.39 Å². The quantitative estimate of drug-likeness (QED) is 0.617. The van der Waals surface area contributed by atoms with Gasteiger partial charge in [-0.05, 0) is 46.9 Å². The van der Waals surface area contributed by atoms with Crippen LogP contribution in [0.25, 0.3) is 0 Å². The van der Waals surface area contributed by atoms with E-state index >= 15 is 0 Å². The van der Waals surface area contributed by atoms with E-state index in [-0.39, 0.29) is 18.1 Å². The SMILES string of the molecule is O=C(Cc1ccccc1F)N1CCOc2ccc(CN3CCc4ccccc4C3)cc2C1. The number of nitrogens with zero attached hydrogens (tertiary/aromatic N) is 2. The van der Waals surface area contributed by atoms with Gasteiger partial charge >= 0.3 is 0 Å². The maximum Gasteiger partial charge on any atom is 0.227 e. The summed E-state index contributed by atoms with van der Waals surface area (Å²) < 4.78 is 19.9. The van der Waals surface area contributed by atoms with Gasteiger partial charge in [0.2, 0.25) is 5.91 Å². The van der Waals surface area contributed by atoms with E-state index in [1.165, 1.54) is 22.8 Å². The molecule has 3 aromatic rings. The van der Waals surface area contributed by atoms with Crippen LogP contribution in [0.2, 0.25) is 0 Å². The molecule has 32 heavy (non-hydrogen) atoms. The van der Waals surface area contributed by atoms with Gasteiger partial charge in [0.1, 0.15) is 18.2 Å². The summed E-state index contributed by atoms with van der Waals surface area (Å²) in [5, 5.41) is 0. The Bertz CT molecular complexity index is 1130. The van der Waals surface area contributed by atoms with Gasteiger partial charge in [0, 0.05) is 31.7 Å². The van der Waals surface area contributed by atoms with Crippen molar-refractivity contribution in [1.82, 2.24) is 9.80 Å². The topological polar surface area (TPSA) is 32.8 Å². The van der Waals surface area contributed by atoms with Crippen molar-refractivity contribution in [3.05, 3.63) is 100 Å². The molecule has 0 radical (unpaired) electrons. The molecule has 0 aliphatic carbocycles. The van der Waals surface area contributed by atoms with Crippen LogP contribution < -0.4 is 4.74 Å². The lowest BCUT2D eigenvalue weighted by atomic mass is 9.99. The van der Waals surface area contributed by atoms with Gasteiger partial charge in [-0.1, -0.05) is 48.5 Å². The third-order valence-corrected chi connectivity index (χ3v) is 6.37. The molecule has 5 rings (SSSR count). The zero-order valence-electron chi connectivity index (χ0n) is 18.1. The largest absolute Gasteiger partial charge is 0.491 e. The summed E-state index contributed by atoms with van der Waals surface area (Å²) in [7, 11) is 0. The minimum Gasteiger partial charge on any atom is -0.491 e. The number of benzene rings is 3. The van der Waals surface area contributed by atoms with Gasteiger partial charge in [-0.2, -0.15) is 0 Å². The van der Waals surface area contributed by atoms with E-state index in [1.54, 1.807) is 23.1 Å². The van der Waals surface area contributed by atoms with Gasteiger partial charge in [-0.15, -0.1) is 0 Å². The molecule has 164 valence electrons. The number of halogens is 1. The van der Waals surface area contributed by atoms with Crippen LogP contribution >= 0.6 is 0 Å². The summed E-state index contributed by atoms with van der Waals surface area (Å²) in [6, 6.07) is 21.4. The van der Waals surface area contributed by atoms with Gasteiger partial charge in [0.15, 0.2) is 0 Å². The summed E-state index contributed by atoms with van der Waals surface area (Å²) in [6.07, 6.45) is 1.14. The number of hydrogen-bond acceptors (Lipinski definition) is 3. The van der Waals surface area contributed by atoms with Crippen LogP contribution in [-0.4, -0.2) is 35.4 Å². The molecule has 0 unspecified atom stereocenters. The average Bonchev–Trinajstić information content (AvgIpc) is 3.03. The lowest BCUT2D eigenvalue weighted by molar-refractivity contribution is -0.131. The van der Waals surface area contributed by atoms with Crippen LogP contribution in [0.3, 0.4) is 0 Å². The van der Waals surface area contributed by atoms with E-state index in [2.05, 4.69) is 41.3 Å². The fraction of sp³-hybridized carbons (Fsp3) is 0.296. The normalized spacial score (nSPS) is 16.0. The highest BCUT2D eigenvalue weighted by molar-refractivity contribution is 5.79. The molecule has 0 fully saturated rings.